The Bertz CT molecular complexity index is 1090. The van der Waals surface area contributed by atoms with Gasteiger partial charge in [-0.1, -0.05) is 109 Å². The van der Waals surface area contributed by atoms with Gasteiger partial charge in [-0.25, -0.2) is 0 Å². The molecule has 4 rings (SSSR count). The Balaban J connectivity index is 1.94. The van der Waals surface area contributed by atoms with E-state index in [2.05, 4.69) is 8.86 Å². The van der Waals surface area contributed by atoms with Crippen molar-refractivity contribution in [3.63, 3.8) is 0 Å². The van der Waals surface area contributed by atoms with Gasteiger partial charge in [0.1, 0.15) is 5.75 Å². The number of ketones is 1. The van der Waals surface area contributed by atoms with Gasteiger partial charge in [0.2, 0.25) is 11.4 Å². The van der Waals surface area contributed by atoms with Gasteiger partial charge in [-0.05, 0) is 17.7 Å². The molecule has 0 radical (unpaired) electrons. The molecule has 2 nitrogen and oxygen atoms in total. The van der Waals surface area contributed by atoms with Gasteiger partial charge in [-0.2, -0.15) is 0 Å². The Morgan fingerprint density at radius 2 is 1.00 bits per heavy atom. The summed E-state index contributed by atoms with van der Waals surface area (Å²) in [6.45, 7) is 0. The number of carbonyl (C=O) groups excluding carboxylic acids is 1. The summed E-state index contributed by atoms with van der Waals surface area (Å²) >= 11 is 0. The SMILES string of the molecule is O=C(C(=P)c1ccccc1)C(Oc1ccccc1)(c1ccccc1)c1ccccc1. The first-order valence-electron chi connectivity index (χ1n) is 9.76. The molecule has 0 aliphatic rings. The number of hydrogen-bond acceptors (Lipinski definition) is 2. The Kier molecular flexibility index (Phi) is 5.88. The summed E-state index contributed by atoms with van der Waals surface area (Å²) in [5, 5.41) is 0.458. The largest absolute Gasteiger partial charge is 0.469 e. The van der Waals surface area contributed by atoms with Gasteiger partial charge < -0.3 is 4.74 Å². The minimum Gasteiger partial charge on any atom is -0.469 e. The quantitative estimate of drug-likeness (QED) is 0.354. The van der Waals surface area contributed by atoms with Crippen molar-refractivity contribution in [1.82, 2.24) is 0 Å². The highest BCUT2D eigenvalue weighted by Gasteiger charge is 2.46. The van der Waals surface area contributed by atoms with Crippen LogP contribution in [-0.4, -0.2) is 11.1 Å². The number of benzene rings is 4. The lowest BCUT2D eigenvalue weighted by Crippen LogP contribution is -2.46. The third-order valence-electron chi connectivity index (χ3n) is 4.98. The molecule has 0 fully saturated rings. The molecule has 30 heavy (non-hydrogen) atoms. The molecule has 0 atom stereocenters. The normalized spacial score (nSPS) is 10.9. The van der Waals surface area contributed by atoms with Crippen molar-refractivity contribution in [3.8, 4) is 5.75 Å². The summed E-state index contributed by atoms with van der Waals surface area (Å²) in [6.07, 6.45) is 0. The zero-order valence-electron chi connectivity index (χ0n) is 16.4. The number of ether oxygens (including phenoxy) is 1. The topological polar surface area (TPSA) is 26.3 Å². The van der Waals surface area contributed by atoms with Crippen molar-refractivity contribution in [1.29, 1.82) is 0 Å². The molecule has 0 aliphatic heterocycles. The second-order valence-corrected chi connectivity index (χ2v) is 7.40. The molecule has 4 aromatic carbocycles. The van der Waals surface area contributed by atoms with Crippen molar-refractivity contribution in [2.45, 2.75) is 5.60 Å². The van der Waals surface area contributed by atoms with Crippen LogP contribution in [-0.2, 0) is 10.4 Å². The fourth-order valence-electron chi connectivity index (χ4n) is 3.52. The van der Waals surface area contributed by atoms with E-state index < -0.39 is 5.60 Å². The Labute approximate surface area is 179 Å². The van der Waals surface area contributed by atoms with Gasteiger partial charge in [0.05, 0.1) is 0 Å². The number of Topliss-reactive ketones (excluding diaryl/α,β-unsaturated/α-hetero) is 1. The molecule has 0 heterocycles. The second kappa shape index (κ2) is 8.90. The summed E-state index contributed by atoms with van der Waals surface area (Å²) in [7, 11) is 3.65. The van der Waals surface area contributed by atoms with Crippen LogP contribution in [0.25, 0.3) is 0 Å². The third kappa shape index (κ3) is 3.83. The van der Waals surface area contributed by atoms with E-state index in [1.807, 2.05) is 121 Å². The van der Waals surface area contributed by atoms with Crippen LogP contribution in [0, 0.1) is 0 Å². The standard InChI is InChI=1S/C27H21O2P/c28-26(25(30)21-13-5-1-6-14-21)27(22-15-7-2-8-16-22,23-17-9-3-10-18-23)29-24-19-11-4-12-20-24/h1-20,30H. The Hall–Kier alpha value is -3.48. The molecule has 4 aromatic rings. The van der Waals surface area contributed by atoms with E-state index in [1.165, 1.54) is 0 Å². The van der Waals surface area contributed by atoms with E-state index in [-0.39, 0.29) is 5.78 Å². The summed E-state index contributed by atoms with van der Waals surface area (Å²) in [5.74, 6) is 0.442. The molecule has 0 bridgehead atoms. The average molecular weight is 408 g/mol. The van der Waals surface area contributed by atoms with Crippen LogP contribution in [0.1, 0.15) is 16.7 Å². The third-order valence-corrected chi connectivity index (χ3v) is 5.50. The zero-order chi connectivity index (χ0) is 20.8. The van der Waals surface area contributed by atoms with Gasteiger partial charge in [-0.15, -0.1) is 8.86 Å². The molecule has 0 aliphatic carbocycles. The average Bonchev–Trinajstić information content (AvgIpc) is 2.84. The van der Waals surface area contributed by atoms with Crippen LogP contribution in [0.4, 0.5) is 0 Å². The van der Waals surface area contributed by atoms with Crippen LogP contribution in [0.2, 0.25) is 0 Å². The van der Waals surface area contributed by atoms with Gasteiger partial charge in [-0.3, -0.25) is 4.79 Å². The van der Waals surface area contributed by atoms with Crippen LogP contribution in [0.3, 0.4) is 0 Å². The molecule has 3 heteroatoms. The highest BCUT2D eigenvalue weighted by molar-refractivity contribution is 7.27. The summed E-state index contributed by atoms with van der Waals surface area (Å²) in [6, 6.07) is 38.3. The summed E-state index contributed by atoms with van der Waals surface area (Å²) in [5.41, 5.74) is 0.970. The number of hydrogen-bond donors (Lipinski definition) is 0. The van der Waals surface area contributed by atoms with Crippen molar-refractivity contribution in [2.75, 3.05) is 0 Å². The van der Waals surface area contributed by atoms with E-state index in [1.54, 1.807) is 0 Å². The van der Waals surface area contributed by atoms with Crippen LogP contribution >= 0.6 is 8.86 Å². The highest BCUT2D eigenvalue weighted by Crippen LogP contribution is 2.37. The molecule has 0 saturated carbocycles. The molecule has 0 N–H and O–H groups in total. The van der Waals surface area contributed by atoms with Crippen molar-refractivity contribution in [3.05, 3.63) is 138 Å². The van der Waals surface area contributed by atoms with E-state index in [0.29, 0.717) is 11.0 Å². The lowest BCUT2D eigenvalue weighted by Gasteiger charge is -2.34. The minimum atomic E-state index is -1.35. The lowest BCUT2D eigenvalue weighted by molar-refractivity contribution is -0.124. The minimum absolute atomic E-state index is 0.174. The first-order chi connectivity index (χ1) is 14.7. The van der Waals surface area contributed by atoms with Crippen LogP contribution in [0.5, 0.6) is 5.75 Å². The fourth-order valence-corrected chi connectivity index (χ4v) is 3.86. The second-order valence-electron chi connectivity index (χ2n) is 6.90. The fraction of sp³-hybridized carbons (Fsp3) is 0.0370. The molecule has 0 saturated heterocycles. The zero-order valence-corrected chi connectivity index (χ0v) is 17.4. The highest BCUT2D eigenvalue weighted by atomic mass is 31.0. The number of carbonyl (C=O) groups is 1. The van der Waals surface area contributed by atoms with Gasteiger partial charge in [0, 0.05) is 16.4 Å². The van der Waals surface area contributed by atoms with E-state index >= 15 is 0 Å². The molecule has 0 aromatic heterocycles. The van der Waals surface area contributed by atoms with E-state index in [4.69, 9.17) is 4.74 Å². The van der Waals surface area contributed by atoms with Gasteiger partial charge >= 0.3 is 0 Å². The van der Waals surface area contributed by atoms with Crippen LogP contribution in [0.15, 0.2) is 121 Å². The summed E-state index contributed by atoms with van der Waals surface area (Å²) < 4.78 is 6.58. The van der Waals surface area contributed by atoms with E-state index in [0.717, 1.165) is 16.7 Å². The molecular weight excluding hydrogens is 387 g/mol. The maximum atomic E-state index is 14.2. The Morgan fingerprint density at radius 3 is 1.47 bits per heavy atom. The van der Waals surface area contributed by atoms with Crippen LogP contribution < -0.4 is 4.74 Å². The predicted octanol–water partition coefficient (Wildman–Crippen LogP) is 5.94. The molecule has 0 amide bonds. The maximum Gasteiger partial charge on any atom is 0.222 e. The van der Waals surface area contributed by atoms with Crippen molar-refractivity contribution < 1.29 is 9.53 Å². The molecule has 0 spiro atoms. The molecular formula is C27H21O2P. The van der Waals surface area contributed by atoms with Gasteiger partial charge in [0.25, 0.3) is 0 Å². The van der Waals surface area contributed by atoms with Crippen molar-refractivity contribution >= 4 is 19.9 Å². The smallest absolute Gasteiger partial charge is 0.222 e. The summed E-state index contributed by atoms with van der Waals surface area (Å²) in [4.78, 5) is 14.2. The van der Waals surface area contributed by atoms with Crippen molar-refractivity contribution in [2.24, 2.45) is 0 Å². The number of rotatable bonds is 7. The maximum absolute atomic E-state index is 14.2. The monoisotopic (exact) mass is 408 g/mol. The van der Waals surface area contributed by atoms with Gasteiger partial charge in [0.15, 0.2) is 0 Å². The lowest BCUT2D eigenvalue weighted by atomic mass is 9.80. The first-order valence-corrected chi connectivity index (χ1v) is 10.3. The van der Waals surface area contributed by atoms with E-state index in [9.17, 15) is 4.79 Å². The predicted molar refractivity (Wildman–Crippen MR) is 125 cm³/mol. The molecule has 146 valence electrons. The molecule has 0 unspecified atom stereocenters. The Morgan fingerprint density at radius 1 is 0.600 bits per heavy atom. The first kappa shape index (κ1) is 19.8. The number of para-hydroxylation sites is 1.